The van der Waals surface area contributed by atoms with Gasteiger partial charge in [0.15, 0.2) is 11.5 Å². The summed E-state index contributed by atoms with van der Waals surface area (Å²) in [5.74, 6) is 2.16. The lowest BCUT2D eigenvalue weighted by Gasteiger charge is -2.31. The van der Waals surface area contributed by atoms with Crippen molar-refractivity contribution < 1.29 is 28.5 Å². The highest BCUT2D eigenvalue weighted by Crippen LogP contribution is 2.32. The summed E-state index contributed by atoms with van der Waals surface area (Å²) in [7, 11) is 3.27. The zero-order chi connectivity index (χ0) is 31.5. The number of rotatable bonds is 16. The molecule has 238 valence electrons. The van der Waals surface area contributed by atoms with E-state index in [1.54, 1.807) is 32.4 Å². The van der Waals surface area contributed by atoms with Crippen molar-refractivity contribution >= 4 is 5.91 Å². The normalized spacial score (nSPS) is 16.4. The van der Waals surface area contributed by atoms with Crippen molar-refractivity contribution in [1.29, 1.82) is 0 Å². The van der Waals surface area contributed by atoms with Gasteiger partial charge < -0.3 is 33.9 Å². The van der Waals surface area contributed by atoms with E-state index in [2.05, 4.69) is 35.6 Å². The van der Waals surface area contributed by atoms with Crippen LogP contribution in [-0.2, 0) is 16.1 Å². The highest BCUT2D eigenvalue weighted by atomic mass is 16.5. The van der Waals surface area contributed by atoms with Gasteiger partial charge in [-0.25, -0.2) is 0 Å². The first-order chi connectivity index (χ1) is 21.3. The molecule has 3 aromatic rings. The number of benzene rings is 3. The van der Waals surface area contributed by atoms with Gasteiger partial charge in [0, 0.05) is 62.9 Å². The highest BCUT2D eigenvalue weighted by molar-refractivity contribution is 5.95. The molecule has 0 radical (unpaired) electrons. The van der Waals surface area contributed by atoms with Crippen molar-refractivity contribution in [1.82, 2.24) is 10.2 Å². The Morgan fingerprint density at radius 3 is 2.48 bits per heavy atom. The third-order valence-corrected chi connectivity index (χ3v) is 7.71. The molecule has 1 heterocycles. The second kappa shape index (κ2) is 16.5. The lowest BCUT2D eigenvalue weighted by molar-refractivity contribution is 0.0129. The SMILES string of the molecule is COCCCOc1cc(C(=O)N(CC2CNCC2OCc2cccc(-c3ccccc3OC(C)C)c2)C(C)C)ccc1OC. The second-order valence-corrected chi connectivity index (χ2v) is 11.7. The smallest absolute Gasteiger partial charge is 0.254 e. The van der Waals surface area contributed by atoms with E-state index in [-0.39, 0.29) is 30.1 Å². The first-order valence-electron chi connectivity index (χ1n) is 15.6. The summed E-state index contributed by atoms with van der Waals surface area (Å²) in [6.45, 7) is 11.9. The van der Waals surface area contributed by atoms with Crippen molar-refractivity contribution in [3.63, 3.8) is 0 Å². The van der Waals surface area contributed by atoms with Gasteiger partial charge in [0.05, 0.1) is 32.5 Å². The molecule has 1 amide bonds. The molecule has 8 heteroatoms. The molecule has 3 aromatic carbocycles. The minimum atomic E-state index is -0.0370. The predicted molar refractivity (Wildman–Crippen MR) is 174 cm³/mol. The van der Waals surface area contributed by atoms with Gasteiger partial charge in [-0.3, -0.25) is 4.79 Å². The molecule has 8 nitrogen and oxygen atoms in total. The van der Waals surface area contributed by atoms with Gasteiger partial charge >= 0.3 is 0 Å². The molecule has 1 fully saturated rings. The topological polar surface area (TPSA) is 78.5 Å². The molecule has 0 saturated carbocycles. The fraction of sp³-hybridized carbons (Fsp3) is 0.472. The Morgan fingerprint density at radius 2 is 1.73 bits per heavy atom. The minimum absolute atomic E-state index is 0.0141. The average Bonchev–Trinajstić information content (AvgIpc) is 3.47. The molecule has 44 heavy (non-hydrogen) atoms. The number of amides is 1. The number of carbonyl (C=O) groups is 1. The van der Waals surface area contributed by atoms with Crippen LogP contribution in [-0.4, -0.2) is 76.1 Å². The lowest BCUT2D eigenvalue weighted by Crippen LogP contribution is -2.43. The van der Waals surface area contributed by atoms with E-state index in [1.165, 1.54) is 0 Å². The molecule has 4 rings (SSSR count). The number of hydrogen-bond acceptors (Lipinski definition) is 7. The van der Waals surface area contributed by atoms with Crippen LogP contribution < -0.4 is 19.5 Å². The maximum absolute atomic E-state index is 13.8. The fourth-order valence-electron chi connectivity index (χ4n) is 5.43. The van der Waals surface area contributed by atoms with E-state index >= 15 is 0 Å². The van der Waals surface area contributed by atoms with Crippen LogP contribution in [0.5, 0.6) is 17.2 Å². The standard InChI is InChI=1S/C36H48N2O6/c1-25(2)38(36(39)29-15-16-33(41-6)34(20-29)42-18-10-17-40-5)23-30-21-37-22-35(30)43-24-27-11-9-12-28(19-27)31-13-7-8-14-32(31)44-26(3)4/h7-9,11-16,19-20,25-26,30,35,37H,10,17-18,21-24H2,1-6H3. The first-order valence-corrected chi connectivity index (χ1v) is 15.6. The first kappa shape index (κ1) is 33.3. The molecule has 1 saturated heterocycles. The Morgan fingerprint density at radius 1 is 0.909 bits per heavy atom. The molecule has 1 aliphatic rings. The van der Waals surface area contributed by atoms with Crippen LogP contribution in [0.2, 0.25) is 0 Å². The maximum Gasteiger partial charge on any atom is 0.254 e. The molecule has 1 aliphatic heterocycles. The van der Waals surface area contributed by atoms with Crippen molar-refractivity contribution in [2.24, 2.45) is 5.92 Å². The third kappa shape index (κ3) is 8.97. The second-order valence-electron chi connectivity index (χ2n) is 11.7. The number of methoxy groups -OCH3 is 2. The molecule has 0 spiro atoms. The Kier molecular flexibility index (Phi) is 12.5. The molecule has 0 aliphatic carbocycles. The van der Waals surface area contributed by atoms with Crippen molar-refractivity contribution in [2.75, 3.05) is 47.1 Å². The molecular weight excluding hydrogens is 556 g/mol. The Bertz CT molecular complexity index is 1340. The van der Waals surface area contributed by atoms with Crippen LogP contribution in [0.1, 0.15) is 50.0 Å². The lowest BCUT2D eigenvalue weighted by atomic mass is 10.0. The number of hydrogen-bond donors (Lipinski definition) is 1. The highest BCUT2D eigenvalue weighted by Gasteiger charge is 2.32. The van der Waals surface area contributed by atoms with Gasteiger partial charge in [-0.15, -0.1) is 0 Å². The van der Waals surface area contributed by atoms with E-state index in [9.17, 15) is 4.79 Å². The Hall–Kier alpha value is -3.59. The van der Waals surface area contributed by atoms with E-state index in [4.69, 9.17) is 23.7 Å². The monoisotopic (exact) mass is 604 g/mol. The average molecular weight is 605 g/mol. The number of ether oxygens (including phenoxy) is 5. The number of nitrogens with zero attached hydrogens (tertiary/aromatic N) is 1. The van der Waals surface area contributed by atoms with Gasteiger partial charge in [-0.2, -0.15) is 0 Å². The third-order valence-electron chi connectivity index (χ3n) is 7.71. The van der Waals surface area contributed by atoms with Gasteiger partial charge in [0.2, 0.25) is 0 Å². The predicted octanol–water partition coefficient (Wildman–Crippen LogP) is 6.22. The number of para-hydroxylation sites is 1. The van der Waals surface area contributed by atoms with Gasteiger partial charge in [0.1, 0.15) is 5.75 Å². The summed E-state index contributed by atoms with van der Waals surface area (Å²) < 4.78 is 29.1. The van der Waals surface area contributed by atoms with Crippen molar-refractivity contribution in [3.05, 3.63) is 77.9 Å². The Balaban J connectivity index is 1.42. The van der Waals surface area contributed by atoms with Crippen LogP contribution in [0.3, 0.4) is 0 Å². The quantitative estimate of drug-likeness (QED) is 0.195. The molecule has 2 atom stereocenters. The zero-order valence-electron chi connectivity index (χ0n) is 27.0. The Labute approximate surface area is 262 Å². The van der Waals surface area contributed by atoms with E-state index in [0.29, 0.717) is 43.4 Å². The minimum Gasteiger partial charge on any atom is -0.493 e. The zero-order valence-corrected chi connectivity index (χ0v) is 27.0. The van der Waals surface area contributed by atoms with E-state index < -0.39 is 0 Å². The van der Waals surface area contributed by atoms with Crippen LogP contribution in [0.25, 0.3) is 11.1 Å². The van der Waals surface area contributed by atoms with Gasteiger partial charge in [-0.05, 0) is 69.2 Å². The van der Waals surface area contributed by atoms with Gasteiger partial charge in [-0.1, -0.05) is 36.4 Å². The van der Waals surface area contributed by atoms with Crippen LogP contribution >= 0.6 is 0 Å². The largest absolute Gasteiger partial charge is 0.493 e. The van der Waals surface area contributed by atoms with Crippen molar-refractivity contribution in [3.8, 4) is 28.4 Å². The molecule has 0 aromatic heterocycles. The van der Waals surface area contributed by atoms with Gasteiger partial charge in [0.25, 0.3) is 5.91 Å². The fourth-order valence-corrected chi connectivity index (χ4v) is 5.43. The summed E-state index contributed by atoms with van der Waals surface area (Å²) in [5.41, 5.74) is 3.84. The molecular formula is C36H48N2O6. The van der Waals surface area contributed by atoms with Crippen molar-refractivity contribution in [2.45, 2.75) is 59.0 Å². The van der Waals surface area contributed by atoms with E-state index in [1.807, 2.05) is 50.8 Å². The number of nitrogens with one attached hydrogen (secondary N) is 1. The maximum atomic E-state index is 13.8. The number of carbonyl (C=O) groups excluding carboxylic acids is 1. The summed E-state index contributed by atoms with van der Waals surface area (Å²) in [5, 5.41) is 3.48. The molecule has 2 unspecified atom stereocenters. The summed E-state index contributed by atoms with van der Waals surface area (Å²) in [6.07, 6.45) is 0.827. The summed E-state index contributed by atoms with van der Waals surface area (Å²) in [6, 6.07) is 22.0. The summed E-state index contributed by atoms with van der Waals surface area (Å²) in [4.78, 5) is 15.7. The molecule has 1 N–H and O–H groups in total. The van der Waals surface area contributed by atoms with Crippen LogP contribution in [0.4, 0.5) is 0 Å². The molecule has 0 bridgehead atoms. The van der Waals surface area contributed by atoms with Crippen LogP contribution in [0.15, 0.2) is 66.7 Å². The summed E-state index contributed by atoms with van der Waals surface area (Å²) >= 11 is 0. The van der Waals surface area contributed by atoms with Crippen LogP contribution in [0, 0.1) is 5.92 Å². The van der Waals surface area contributed by atoms with E-state index in [0.717, 1.165) is 42.0 Å².